The van der Waals surface area contributed by atoms with E-state index >= 15 is 0 Å². The fourth-order valence-electron chi connectivity index (χ4n) is 2.02. The van der Waals surface area contributed by atoms with E-state index in [1.807, 2.05) is 6.92 Å². The van der Waals surface area contributed by atoms with Crippen LogP contribution in [0.2, 0.25) is 0 Å². The Kier molecular flexibility index (Phi) is 5.92. The molecule has 0 saturated carbocycles. The molecule has 1 rings (SSSR count). The van der Waals surface area contributed by atoms with E-state index in [-0.39, 0.29) is 10.8 Å². The highest BCUT2D eigenvalue weighted by Crippen LogP contribution is 2.18. The van der Waals surface area contributed by atoms with E-state index in [4.69, 9.17) is 5.14 Å². The first-order valence-electron chi connectivity index (χ1n) is 7.08. The molecule has 5 nitrogen and oxygen atoms in total. The zero-order valence-corrected chi connectivity index (χ0v) is 13.9. The van der Waals surface area contributed by atoms with Gasteiger partial charge >= 0.3 is 0 Å². The van der Waals surface area contributed by atoms with Crippen LogP contribution in [0.5, 0.6) is 0 Å². The number of nitrogens with two attached hydrogens (primary N) is 1. The first kappa shape index (κ1) is 17.7. The largest absolute Gasteiger partial charge is 0.342 e. The molecular weight excluding hydrogens is 288 g/mol. The van der Waals surface area contributed by atoms with Gasteiger partial charge in [0.2, 0.25) is 10.0 Å². The van der Waals surface area contributed by atoms with Gasteiger partial charge in [0.05, 0.1) is 4.90 Å². The highest BCUT2D eigenvalue weighted by molar-refractivity contribution is 7.89. The molecule has 0 bridgehead atoms. The van der Waals surface area contributed by atoms with Crippen LogP contribution in [-0.2, 0) is 16.4 Å². The van der Waals surface area contributed by atoms with Gasteiger partial charge in [0.15, 0.2) is 0 Å². The average Bonchev–Trinajstić information content (AvgIpc) is 2.42. The number of nitrogens with zero attached hydrogens (tertiary/aromatic N) is 1. The summed E-state index contributed by atoms with van der Waals surface area (Å²) in [7, 11) is -2.11. The van der Waals surface area contributed by atoms with Crippen molar-refractivity contribution in [2.45, 2.75) is 38.5 Å². The number of sulfonamides is 1. The Hall–Kier alpha value is -1.40. The van der Waals surface area contributed by atoms with Crippen molar-refractivity contribution in [1.29, 1.82) is 0 Å². The monoisotopic (exact) mass is 312 g/mol. The summed E-state index contributed by atoms with van der Waals surface area (Å²) in [6, 6.07) is 4.69. The number of primary sulfonamides is 1. The summed E-state index contributed by atoms with van der Waals surface area (Å²) < 4.78 is 23.3. The van der Waals surface area contributed by atoms with E-state index in [0.717, 1.165) is 6.42 Å². The van der Waals surface area contributed by atoms with Gasteiger partial charge in [-0.2, -0.15) is 0 Å². The van der Waals surface area contributed by atoms with Crippen molar-refractivity contribution in [3.05, 3.63) is 29.3 Å². The first-order valence-corrected chi connectivity index (χ1v) is 8.62. The highest BCUT2D eigenvalue weighted by atomic mass is 32.2. The molecular formula is C15H24N2O3S. The Labute approximate surface area is 127 Å². The number of benzene rings is 1. The van der Waals surface area contributed by atoms with Gasteiger partial charge in [0.25, 0.3) is 5.91 Å². The van der Waals surface area contributed by atoms with Crippen LogP contribution in [0.25, 0.3) is 0 Å². The molecule has 1 aromatic carbocycles. The molecule has 0 heterocycles. The van der Waals surface area contributed by atoms with Crippen LogP contribution in [0.4, 0.5) is 0 Å². The molecule has 0 fully saturated rings. The van der Waals surface area contributed by atoms with Crippen LogP contribution >= 0.6 is 0 Å². The number of carbonyl (C=O) groups excluding carboxylic acids is 1. The predicted molar refractivity (Wildman–Crippen MR) is 83.6 cm³/mol. The zero-order valence-electron chi connectivity index (χ0n) is 13.1. The van der Waals surface area contributed by atoms with Gasteiger partial charge in [-0.25, -0.2) is 13.6 Å². The maximum atomic E-state index is 12.3. The highest BCUT2D eigenvalue weighted by Gasteiger charge is 2.18. The second kappa shape index (κ2) is 7.04. The molecule has 0 saturated heterocycles. The lowest BCUT2D eigenvalue weighted by atomic mass is 10.1. The number of amides is 1. The third-order valence-corrected chi connectivity index (χ3v) is 4.38. The Morgan fingerprint density at radius 3 is 2.43 bits per heavy atom. The fraction of sp³-hybridized carbons (Fsp3) is 0.533. The Morgan fingerprint density at radius 2 is 1.95 bits per heavy atom. The smallest absolute Gasteiger partial charge is 0.253 e. The number of carbonyl (C=O) groups is 1. The molecule has 0 aliphatic rings. The SMILES string of the molecule is CCc1ccc(C(=O)N(C)CCC(C)C)cc1S(N)(=O)=O. The van der Waals surface area contributed by atoms with Crippen LogP contribution in [0.3, 0.4) is 0 Å². The van der Waals surface area contributed by atoms with Crippen molar-refractivity contribution in [3.8, 4) is 0 Å². The molecule has 2 N–H and O–H groups in total. The number of hydrogen-bond acceptors (Lipinski definition) is 3. The van der Waals surface area contributed by atoms with Gasteiger partial charge < -0.3 is 4.90 Å². The average molecular weight is 312 g/mol. The van der Waals surface area contributed by atoms with Gasteiger partial charge in [-0.3, -0.25) is 4.79 Å². The quantitative estimate of drug-likeness (QED) is 0.872. The normalized spacial score (nSPS) is 11.7. The standard InChI is InChI=1S/C15H24N2O3S/c1-5-12-6-7-13(10-14(12)21(16,19)20)15(18)17(4)9-8-11(2)3/h6-7,10-11H,5,8-9H2,1-4H3,(H2,16,19,20). The van der Waals surface area contributed by atoms with Gasteiger partial charge in [0, 0.05) is 19.2 Å². The third-order valence-electron chi connectivity index (χ3n) is 3.39. The second-order valence-electron chi connectivity index (χ2n) is 5.63. The minimum absolute atomic E-state index is 0.0353. The Morgan fingerprint density at radius 1 is 1.33 bits per heavy atom. The lowest BCUT2D eigenvalue weighted by molar-refractivity contribution is 0.0789. The molecule has 118 valence electrons. The molecule has 0 aliphatic heterocycles. The molecule has 0 aromatic heterocycles. The minimum atomic E-state index is -3.82. The van der Waals surface area contributed by atoms with Gasteiger partial charge in [-0.05, 0) is 36.5 Å². The lowest BCUT2D eigenvalue weighted by Gasteiger charge is -2.19. The van der Waals surface area contributed by atoms with Crippen molar-refractivity contribution in [2.24, 2.45) is 11.1 Å². The number of hydrogen-bond donors (Lipinski definition) is 1. The van der Waals surface area contributed by atoms with E-state index in [2.05, 4.69) is 13.8 Å². The van der Waals surface area contributed by atoms with Crippen molar-refractivity contribution < 1.29 is 13.2 Å². The van der Waals surface area contributed by atoms with E-state index in [0.29, 0.717) is 30.0 Å². The first-order chi connectivity index (χ1) is 9.66. The van der Waals surface area contributed by atoms with Crippen LogP contribution in [-0.4, -0.2) is 32.8 Å². The Bertz CT molecular complexity index is 609. The minimum Gasteiger partial charge on any atom is -0.342 e. The summed E-state index contributed by atoms with van der Waals surface area (Å²) >= 11 is 0. The van der Waals surface area contributed by atoms with E-state index in [9.17, 15) is 13.2 Å². The fourth-order valence-corrected chi connectivity index (χ4v) is 2.89. The van der Waals surface area contributed by atoms with Crippen LogP contribution in [0.15, 0.2) is 23.1 Å². The maximum absolute atomic E-state index is 12.3. The van der Waals surface area contributed by atoms with Crippen molar-refractivity contribution in [2.75, 3.05) is 13.6 Å². The number of rotatable bonds is 6. The molecule has 21 heavy (non-hydrogen) atoms. The van der Waals surface area contributed by atoms with Gasteiger partial charge in [-0.15, -0.1) is 0 Å². The summed E-state index contributed by atoms with van der Waals surface area (Å²) in [5, 5.41) is 5.22. The maximum Gasteiger partial charge on any atom is 0.253 e. The molecule has 0 spiro atoms. The van der Waals surface area contributed by atoms with E-state index < -0.39 is 10.0 Å². The zero-order chi connectivity index (χ0) is 16.2. The van der Waals surface area contributed by atoms with Gasteiger partial charge in [0.1, 0.15) is 0 Å². The third kappa shape index (κ3) is 4.82. The van der Waals surface area contributed by atoms with Crippen molar-refractivity contribution in [1.82, 2.24) is 4.90 Å². The molecule has 0 aliphatic carbocycles. The molecule has 0 atom stereocenters. The summed E-state index contributed by atoms with van der Waals surface area (Å²) in [5.41, 5.74) is 0.973. The van der Waals surface area contributed by atoms with E-state index in [1.54, 1.807) is 24.1 Å². The summed E-state index contributed by atoms with van der Waals surface area (Å²) in [4.78, 5) is 14.0. The summed E-state index contributed by atoms with van der Waals surface area (Å²) in [6.45, 7) is 6.66. The lowest BCUT2D eigenvalue weighted by Crippen LogP contribution is -2.29. The van der Waals surface area contributed by atoms with Crippen LogP contribution in [0, 0.1) is 5.92 Å². The van der Waals surface area contributed by atoms with Crippen molar-refractivity contribution >= 4 is 15.9 Å². The number of aryl methyl sites for hydroxylation is 1. The van der Waals surface area contributed by atoms with Crippen molar-refractivity contribution in [3.63, 3.8) is 0 Å². The van der Waals surface area contributed by atoms with Crippen LogP contribution < -0.4 is 5.14 Å². The predicted octanol–water partition coefficient (Wildman–Crippen LogP) is 2.01. The molecule has 0 radical (unpaired) electrons. The molecule has 1 aromatic rings. The summed E-state index contributed by atoms with van der Waals surface area (Å²) in [6.07, 6.45) is 1.45. The molecule has 1 amide bonds. The van der Waals surface area contributed by atoms with Gasteiger partial charge in [-0.1, -0.05) is 26.8 Å². The van der Waals surface area contributed by atoms with Crippen LogP contribution in [0.1, 0.15) is 43.1 Å². The summed E-state index contributed by atoms with van der Waals surface area (Å²) in [5.74, 6) is 0.311. The molecule has 0 unspecified atom stereocenters. The second-order valence-corrected chi connectivity index (χ2v) is 7.16. The topological polar surface area (TPSA) is 80.5 Å². The molecule has 6 heteroatoms. The van der Waals surface area contributed by atoms with E-state index in [1.165, 1.54) is 6.07 Å². The Balaban J connectivity index is 3.06.